The zero-order valence-electron chi connectivity index (χ0n) is 12.9. The fourth-order valence-corrected chi connectivity index (χ4v) is 2.78. The van der Waals surface area contributed by atoms with Crippen LogP contribution in [0.2, 0.25) is 0 Å². The van der Waals surface area contributed by atoms with Gasteiger partial charge in [-0.25, -0.2) is 4.79 Å². The third kappa shape index (κ3) is 3.97. The predicted molar refractivity (Wildman–Crippen MR) is 82.4 cm³/mol. The van der Waals surface area contributed by atoms with E-state index in [4.69, 9.17) is 15.2 Å². The van der Waals surface area contributed by atoms with Gasteiger partial charge in [-0.15, -0.1) is 0 Å². The molecule has 2 rings (SSSR count). The van der Waals surface area contributed by atoms with Gasteiger partial charge in [0, 0.05) is 0 Å². The van der Waals surface area contributed by atoms with Crippen molar-refractivity contribution in [3.63, 3.8) is 0 Å². The third-order valence-electron chi connectivity index (χ3n) is 4.04. The van der Waals surface area contributed by atoms with Crippen molar-refractivity contribution in [1.82, 2.24) is 0 Å². The number of carbonyl (C=O) groups excluding carboxylic acids is 1. The molecule has 0 radical (unpaired) electrons. The number of fused-ring (bicyclic) bond motifs is 1. The molecule has 0 saturated heterocycles. The van der Waals surface area contributed by atoms with E-state index in [0.717, 1.165) is 31.6 Å². The van der Waals surface area contributed by atoms with Crippen LogP contribution >= 0.6 is 0 Å². The molecule has 0 bridgehead atoms. The van der Waals surface area contributed by atoms with Gasteiger partial charge in [-0.2, -0.15) is 0 Å². The van der Waals surface area contributed by atoms with Gasteiger partial charge in [0.2, 0.25) is 0 Å². The Hall–Kier alpha value is -1.55. The fourth-order valence-electron chi connectivity index (χ4n) is 2.78. The largest absolute Gasteiger partial charge is 0.479 e. The van der Waals surface area contributed by atoms with E-state index in [9.17, 15) is 4.79 Å². The second-order valence-corrected chi connectivity index (χ2v) is 5.54. The van der Waals surface area contributed by atoms with E-state index in [0.29, 0.717) is 18.9 Å². The van der Waals surface area contributed by atoms with Crippen molar-refractivity contribution in [3.05, 3.63) is 29.3 Å². The van der Waals surface area contributed by atoms with Gasteiger partial charge in [0.25, 0.3) is 0 Å². The third-order valence-corrected chi connectivity index (χ3v) is 4.04. The molecule has 0 fully saturated rings. The smallest absolute Gasteiger partial charge is 0.347 e. The Morgan fingerprint density at radius 3 is 2.86 bits per heavy atom. The van der Waals surface area contributed by atoms with Crippen LogP contribution in [-0.2, 0) is 22.4 Å². The van der Waals surface area contributed by atoms with Crippen LogP contribution in [-0.4, -0.2) is 25.2 Å². The molecule has 0 amide bonds. The highest BCUT2D eigenvalue weighted by atomic mass is 16.6. The first kappa shape index (κ1) is 15.8. The van der Waals surface area contributed by atoms with Crippen LogP contribution in [0.15, 0.2) is 18.2 Å². The Morgan fingerprint density at radius 2 is 2.19 bits per heavy atom. The van der Waals surface area contributed by atoms with Crippen LogP contribution in [0.3, 0.4) is 0 Å². The lowest BCUT2D eigenvalue weighted by molar-refractivity contribution is -0.151. The first-order valence-electron chi connectivity index (χ1n) is 7.83. The highest BCUT2D eigenvalue weighted by Crippen LogP contribution is 2.28. The van der Waals surface area contributed by atoms with Gasteiger partial charge in [0.15, 0.2) is 6.10 Å². The molecule has 21 heavy (non-hydrogen) atoms. The summed E-state index contributed by atoms with van der Waals surface area (Å²) in [6.45, 7) is 4.83. The molecule has 2 atom stereocenters. The van der Waals surface area contributed by atoms with Crippen molar-refractivity contribution < 1.29 is 14.3 Å². The van der Waals surface area contributed by atoms with Gasteiger partial charge in [0.1, 0.15) is 5.75 Å². The quantitative estimate of drug-likeness (QED) is 0.818. The molecule has 4 nitrogen and oxygen atoms in total. The Kier molecular flexibility index (Phi) is 5.62. The second kappa shape index (κ2) is 7.46. The summed E-state index contributed by atoms with van der Waals surface area (Å²) >= 11 is 0. The van der Waals surface area contributed by atoms with Gasteiger partial charge in [-0.05, 0) is 68.3 Å². The van der Waals surface area contributed by atoms with Crippen LogP contribution in [0.25, 0.3) is 0 Å². The van der Waals surface area contributed by atoms with Gasteiger partial charge < -0.3 is 15.2 Å². The fraction of sp³-hybridized carbons (Fsp3) is 0.588. The molecule has 1 aromatic carbocycles. The lowest BCUT2D eigenvalue weighted by atomic mass is 9.84. The summed E-state index contributed by atoms with van der Waals surface area (Å²) in [5.74, 6) is 1.00. The molecular formula is C17H25NO3. The number of aryl methyl sites for hydroxylation is 1. The van der Waals surface area contributed by atoms with Gasteiger partial charge >= 0.3 is 5.97 Å². The van der Waals surface area contributed by atoms with Gasteiger partial charge in [0.05, 0.1) is 6.61 Å². The lowest BCUT2D eigenvalue weighted by Gasteiger charge is -2.24. The number of carbonyl (C=O) groups is 1. The van der Waals surface area contributed by atoms with E-state index in [1.54, 1.807) is 6.92 Å². The number of hydrogen-bond acceptors (Lipinski definition) is 4. The van der Waals surface area contributed by atoms with Crippen molar-refractivity contribution in [2.75, 3.05) is 13.2 Å². The number of ether oxygens (including phenoxy) is 2. The normalized spacial score (nSPS) is 18.7. The molecule has 1 aliphatic carbocycles. The summed E-state index contributed by atoms with van der Waals surface area (Å²) in [5, 5.41) is 0. The summed E-state index contributed by atoms with van der Waals surface area (Å²) in [7, 11) is 0. The number of esters is 1. The zero-order valence-corrected chi connectivity index (χ0v) is 12.9. The molecule has 1 aliphatic rings. The van der Waals surface area contributed by atoms with Crippen molar-refractivity contribution in [1.29, 1.82) is 0 Å². The van der Waals surface area contributed by atoms with Crippen LogP contribution < -0.4 is 10.5 Å². The molecule has 4 heteroatoms. The topological polar surface area (TPSA) is 61.5 Å². The van der Waals surface area contributed by atoms with E-state index in [2.05, 4.69) is 12.1 Å². The molecule has 0 spiro atoms. The Balaban J connectivity index is 2.09. The number of rotatable bonds is 6. The molecule has 0 heterocycles. The summed E-state index contributed by atoms with van der Waals surface area (Å²) < 4.78 is 10.8. The minimum Gasteiger partial charge on any atom is -0.479 e. The molecule has 1 aromatic rings. The van der Waals surface area contributed by atoms with E-state index in [1.807, 2.05) is 13.0 Å². The first-order valence-corrected chi connectivity index (χ1v) is 7.83. The van der Waals surface area contributed by atoms with Gasteiger partial charge in [-0.3, -0.25) is 0 Å². The highest BCUT2D eigenvalue weighted by Gasteiger charge is 2.22. The lowest BCUT2D eigenvalue weighted by Crippen LogP contribution is -2.29. The van der Waals surface area contributed by atoms with E-state index >= 15 is 0 Å². The number of benzene rings is 1. The SMILES string of the molecule is CCOC(=O)C(CC)Oc1ccc2c(c1)CC(CN)CC2. The molecule has 0 aromatic heterocycles. The van der Waals surface area contributed by atoms with Crippen molar-refractivity contribution in [2.45, 2.75) is 45.6 Å². The highest BCUT2D eigenvalue weighted by molar-refractivity contribution is 5.75. The molecular weight excluding hydrogens is 266 g/mol. The van der Waals surface area contributed by atoms with E-state index < -0.39 is 6.10 Å². The van der Waals surface area contributed by atoms with Crippen LogP contribution in [0, 0.1) is 5.92 Å². The zero-order chi connectivity index (χ0) is 15.2. The minimum absolute atomic E-state index is 0.294. The Bertz CT molecular complexity index is 487. The Labute approximate surface area is 126 Å². The molecule has 2 N–H and O–H groups in total. The average Bonchev–Trinajstić information content (AvgIpc) is 2.51. The Morgan fingerprint density at radius 1 is 1.38 bits per heavy atom. The minimum atomic E-state index is -0.531. The van der Waals surface area contributed by atoms with Crippen LogP contribution in [0.1, 0.15) is 37.8 Å². The maximum absolute atomic E-state index is 11.8. The van der Waals surface area contributed by atoms with Gasteiger partial charge in [-0.1, -0.05) is 13.0 Å². The molecule has 0 saturated carbocycles. The standard InChI is InChI=1S/C17H25NO3/c1-3-16(17(19)20-4-2)21-15-8-7-13-6-5-12(11-18)9-14(13)10-15/h7-8,10,12,16H,3-6,9,11,18H2,1-2H3. The van der Waals surface area contributed by atoms with Crippen LogP contribution in [0.4, 0.5) is 0 Å². The summed E-state index contributed by atoms with van der Waals surface area (Å²) in [6, 6.07) is 6.11. The maximum atomic E-state index is 11.8. The summed E-state index contributed by atoms with van der Waals surface area (Å²) in [4.78, 5) is 11.8. The van der Waals surface area contributed by atoms with Crippen LogP contribution in [0.5, 0.6) is 5.75 Å². The summed E-state index contributed by atoms with van der Waals surface area (Å²) in [6.07, 6.45) is 3.30. The summed E-state index contributed by atoms with van der Waals surface area (Å²) in [5.41, 5.74) is 8.45. The second-order valence-electron chi connectivity index (χ2n) is 5.54. The van der Waals surface area contributed by atoms with E-state index in [1.165, 1.54) is 11.1 Å². The predicted octanol–water partition coefficient (Wildman–Crippen LogP) is 2.47. The first-order chi connectivity index (χ1) is 10.2. The number of hydrogen-bond donors (Lipinski definition) is 1. The van der Waals surface area contributed by atoms with Crippen molar-refractivity contribution in [3.8, 4) is 5.75 Å². The molecule has 2 unspecified atom stereocenters. The van der Waals surface area contributed by atoms with Crippen molar-refractivity contribution in [2.24, 2.45) is 11.7 Å². The molecule has 0 aliphatic heterocycles. The average molecular weight is 291 g/mol. The monoisotopic (exact) mass is 291 g/mol. The maximum Gasteiger partial charge on any atom is 0.347 e. The number of nitrogens with two attached hydrogens (primary N) is 1. The van der Waals surface area contributed by atoms with Crippen molar-refractivity contribution >= 4 is 5.97 Å². The molecule has 116 valence electrons. The van der Waals surface area contributed by atoms with E-state index in [-0.39, 0.29) is 5.97 Å².